The quantitative estimate of drug-likeness (QED) is 0.912. The molecule has 1 unspecified atom stereocenters. The van der Waals surface area contributed by atoms with Crippen molar-refractivity contribution in [3.63, 3.8) is 0 Å². The van der Waals surface area contributed by atoms with Crippen LogP contribution in [0.15, 0.2) is 18.2 Å². The first kappa shape index (κ1) is 15.7. The molecule has 1 aliphatic heterocycles. The monoisotopic (exact) mass is 333 g/mol. The van der Waals surface area contributed by atoms with Crippen LogP contribution in [0.1, 0.15) is 20.3 Å². The molecule has 0 aliphatic carbocycles. The highest BCUT2D eigenvalue weighted by Gasteiger charge is 2.33. The van der Waals surface area contributed by atoms with Crippen molar-refractivity contribution in [2.45, 2.75) is 20.3 Å². The van der Waals surface area contributed by atoms with E-state index in [1.807, 2.05) is 32.0 Å². The second-order valence-electron chi connectivity index (χ2n) is 5.40. The summed E-state index contributed by atoms with van der Waals surface area (Å²) in [5, 5.41) is 3.40. The van der Waals surface area contributed by atoms with E-state index in [9.17, 15) is 9.59 Å². The highest BCUT2D eigenvalue weighted by atomic mass is 32.1. The zero-order valence-corrected chi connectivity index (χ0v) is 14.0. The number of carbonyl (C=O) groups is 2. The van der Waals surface area contributed by atoms with Gasteiger partial charge in [-0.3, -0.25) is 9.59 Å². The molecule has 0 bridgehead atoms. The molecule has 2 amide bonds. The normalized spacial score (nSPS) is 17.7. The molecule has 2 aromatic rings. The number of hydrogen-bond donors (Lipinski definition) is 1. The Morgan fingerprint density at radius 1 is 1.48 bits per heavy atom. The molecule has 1 aromatic carbocycles. The molecule has 23 heavy (non-hydrogen) atoms. The molecule has 3 rings (SSSR count). The van der Waals surface area contributed by atoms with Gasteiger partial charge in [0.1, 0.15) is 5.75 Å². The van der Waals surface area contributed by atoms with E-state index >= 15 is 0 Å². The molecule has 0 spiro atoms. The van der Waals surface area contributed by atoms with Gasteiger partial charge in [-0.1, -0.05) is 11.3 Å². The lowest BCUT2D eigenvalue weighted by atomic mass is 10.1. The number of likely N-dealkylation sites (tertiary alicyclic amines) is 1. The number of rotatable bonds is 5. The molecule has 1 fully saturated rings. The maximum atomic E-state index is 12.3. The van der Waals surface area contributed by atoms with Gasteiger partial charge in [0.05, 0.1) is 22.7 Å². The Morgan fingerprint density at radius 3 is 3.00 bits per heavy atom. The van der Waals surface area contributed by atoms with Crippen LogP contribution in [0.25, 0.3) is 10.2 Å². The second-order valence-corrected chi connectivity index (χ2v) is 6.43. The Balaban J connectivity index is 1.71. The number of anilines is 1. The van der Waals surface area contributed by atoms with Crippen molar-refractivity contribution in [2.24, 2.45) is 5.92 Å². The summed E-state index contributed by atoms with van der Waals surface area (Å²) in [6.45, 7) is 5.59. The van der Waals surface area contributed by atoms with E-state index < -0.39 is 0 Å². The van der Waals surface area contributed by atoms with Gasteiger partial charge in [0, 0.05) is 19.5 Å². The summed E-state index contributed by atoms with van der Waals surface area (Å²) >= 11 is 1.41. The summed E-state index contributed by atoms with van der Waals surface area (Å²) in [6.07, 6.45) is 0.277. The summed E-state index contributed by atoms with van der Waals surface area (Å²) in [7, 11) is 0. The fourth-order valence-electron chi connectivity index (χ4n) is 2.68. The summed E-state index contributed by atoms with van der Waals surface area (Å²) < 4.78 is 6.43. The van der Waals surface area contributed by atoms with E-state index in [0.717, 1.165) is 16.0 Å². The van der Waals surface area contributed by atoms with Crippen molar-refractivity contribution in [3.05, 3.63) is 18.2 Å². The Kier molecular flexibility index (Phi) is 4.47. The van der Waals surface area contributed by atoms with Gasteiger partial charge in [-0.25, -0.2) is 4.98 Å². The van der Waals surface area contributed by atoms with Crippen LogP contribution in [0, 0.1) is 5.92 Å². The van der Waals surface area contributed by atoms with Crippen molar-refractivity contribution in [1.82, 2.24) is 9.88 Å². The predicted molar refractivity (Wildman–Crippen MR) is 89.8 cm³/mol. The molecule has 6 nitrogen and oxygen atoms in total. The Morgan fingerprint density at radius 2 is 2.30 bits per heavy atom. The average Bonchev–Trinajstić information content (AvgIpc) is 3.09. The topological polar surface area (TPSA) is 71.5 Å². The van der Waals surface area contributed by atoms with Gasteiger partial charge < -0.3 is 15.0 Å². The van der Waals surface area contributed by atoms with Gasteiger partial charge in [0.15, 0.2) is 5.13 Å². The first-order valence-corrected chi connectivity index (χ1v) is 8.54. The van der Waals surface area contributed by atoms with E-state index in [2.05, 4.69) is 10.3 Å². The van der Waals surface area contributed by atoms with Crippen LogP contribution >= 0.6 is 11.3 Å². The number of aromatic nitrogens is 1. The average molecular weight is 333 g/mol. The maximum Gasteiger partial charge on any atom is 0.231 e. The minimum Gasteiger partial charge on any atom is -0.494 e. The molecule has 122 valence electrons. The molecular weight excluding hydrogens is 314 g/mol. The number of nitrogens with zero attached hydrogens (tertiary/aromatic N) is 2. The van der Waals surface area contributed by atoms with Crippen LogP contribution in [0.2, 0.25) is 0 Å². The number of fused-ring (bicyclic) bond motifs is 1. The first-order chi connectivity index (χ1) is 11.1. The van der Waals surface area contributed by atoms with Gasteiger partial charge in [0.2, 0.25) is 11.8 Å². The maximum absolute atomic E-state index is 12.3. The van der Waals surface area contributed by atoms with Gasteiger partial charge in [-0.15, -0.1) is 0 Å². The van der Waals surface area contributed by atoms with Crippen molar-refractivity contribution in [1.29, 1.82) is 0 Å². The fraction of sp³-hybridized carbons (Fsp3) is 0.438. The minimum atomic E-state index is -0.298. The molecule has 0 radical (unpaired) electrons. The van der Waals surface area contributed by atoms with Crippen LogP contribution in [0.5, 0.6) is 5.75 Å². The van der Waals surface area contributed by atoms with Gasteiger partial charge in [-0.2, -0.15) is 0 Å². The molecule has 1 N–H and O–H groups in total. The summed E-state index contributed by atoms with van der Waals surface area (Å²) in [5.74, 6) is 0.395. The predicted octanol–water partition coefficient (Wildman–Crippen LogP) is 2.50. The molecular formula is C16H19N3O3S. The minimum absolute atomic E-state index is 0.0401. The molecule has 1 aromatic heterocycles. The fourth-order valence-corrected chi connectivity index (χ4v) is 3.57. The van der Waals surface area contributed by atoms with Crippen molar-refractivity contribution in [3.8, 4) is 5.75 Å². The molecule has 1 saturated heterocycles. The van der Waals surface area contributed by atoms with Crippen molar-refractivity contribution >= 4 is 38.5 Å². The van der Waals surface area contributed by atoms with Crippen LogP contribution in [0.4, 0.5) is 5.13 Å². The third kappa shape index (κ3) is 3.29. The lowest BCUT2D eigenvalue weighted by molar-refractivity contribution is -0.128. The number of benzene rings is 1. The summed E-state index contributed by atoms with van der Waals surface area (Å²) in [5.41, 5.74) is 0.825. The number of ether oxygens (including phenoxy) is 1. The van der Waals surface area contributed by atoms with E-state index in [-0.39, 0.29) is 24.2 Å². The van der Waals surface area contributed by atoms with E-state index in [1.165, 1.54) is 11.3 Å². The number of carbonyl (C=O) groups excluding carboxylic acids is 2. The summed E-state index contributed by atoms with van der Waals surface area (Å²) in [6, 6.07) is 5.67. The standard InChI is InChI=1S/C16H19N3O3S/c1-3-19-9-10(7-14(19)20)15(21)18-16-17-12-6-5-11(22-4-2)8-13(12)23-16/h5-6,8,10H,3-4,7,9H2,1-2H3,(H,17,18,21). The van der Waals surface area contributed by atoms with Crippen LogP contribution in [0.3, 0.4) is 0 Å². The Hall–Kier alpha value is -2.15. The molecule has 2 heterocycles. The molecule has 0 saturated carbocycles. The van der Waals surface area contributed by atoms with Crippen LogP contribution in [-0.4, -0.2) is 41.4 Å². The highest BCUT2D eigenvalue weighted by molar-refractivity contribution is 7.22. The largest absolute Gasteiger partial charge is 0.494 e. The van der Waals surface area contributed by atoms with Gasteiger partial charge >= 0.3 is 0 Å². The number of amides is 2. The lowest BCUT2D eigenvalue weighted by Gasteiger charge is -2.12. The molecule has 1 aliphatic rings. The third-order valence-electron chi connectivity index (χ3n) is 3.87. The van der Waals surface area contributed by atoms with Crippen molar-refractivity contribution in [2.75, 3.05) is 25.0 Å². The zero-order chi connectivity index (χ0) is 16.4. The van der Waals surface area contributed by atoms with E-state index in [4.69, 9.17) is 4.74 Å². The highest BCUT2D eigenvalue weighted by Crippen LogP contribution is 2.30. The number of thiazole rings is 1. The van der Waals surface area contributed by atoms with E-state index in [1.54, 1.807) is 4.90 Å². The SMILES string of the molecule is CCOc1ccc2nc(NC(=O)C3CC(=O)N(CC)C3)sc2c1. The first-order valence-electron chi connectivity index (χ1n) is 7.72. The van der Waals surface area contributed by atoms with E-state index in [0.29, 0.717) is 24.8 Å². The third-order valence-corrected chi connectivity index (χ3v) is 4.80. The van der Waals surface area contributed by atoms with Crippen LogP contribution in [-0.2, 0) is 9.59 Å². The number of nitrogens with one attached hydrogen (secondary N) is 1. The zero-order valence-electron chi connectivity index (χ0n) is 13.2. The Labute approximate surface area is 138 Å². The lowest BCUT2D eigenvalue weighted by Crippen LogP contribution is -2.28. The Bertz CT molecular complexity index is 743. The summed E-state index contributed by atoms with van der Waals surface area (Å²) in [4.78, 5) is 30.2. The molecule has 7 heteroatoms. The second kappa shape index (κ2) is 6.54. The van der Waals surface area contributed by atoms with Crippen molar-refractivity contribution < 1.29 is 14.3 Å². The van der Waals surface area contributed by atoms with Crippen LogP contribution < -0.4 is 10.1 Å². The van der Waals surface area contributed by atoms with Gasteiger partial charge in [0.25, 0.3) is 0 Å². The number of hydrogen-bond acceptors (Lipinski definition) is 5. The smallest absolute Gasteiger partial charge is 0.231 e. The molecule has 1 atom stereocenters. The van der Waals surface area contributed by atoms with Gasteiger partial charge in [-0.05, 0) is 32.0 Å².